The first-order valence-corrected chi connectivity index (χ1v) is 8.74. The molecule has 1 N–H and O–H groups in total. The number of piperidine rings is 1. The summed E-state index contributed by atoms with van der Waals surface area (Å²) in [5.41, 5.74) is 0. The number of rotatable bonds is 4. The van der Waals surface area contributed by atoms with Crippen molar-refractivity contribution < 1.29 is 0 Å². The van der Waals surface area contributed by atoms with E-state index in [1.165, 1.54) is 49.7 Å². The van der Waals surface area contributed by atoms with E-state index in [1.807, 2.05) is 0 Å². The van der Waals surface area contributed by atoms with E-state index in [9.17, 15) is 0 Å². The van der Waals surface area contributed by atoms with Crippen molar-refractivity contribution in [2.24, 2.45) is 0 Å². The maximum absolute atomic E-state index is 3.60. The molecule has 2 unspecified atom stereocenters. The Morgan fingerprint density at radius 1 is 1.38 bits per heavy atom. The van der Waals surface area contributed by atoms with Gasteiger partial charge < -0.3 is 10.2 Å². The van der Waals surface area contributed by atoms with Crippen LogP contribution in [0.25, 0.3) is 0 Å². The lowest BCUT2D eigenvalue weighted by atomic mass is 10.1. The number of likely N-dealkylation sites (tertiary alicyclic amines) is 1. The number of likely N-dealkylation sites (N-methyl/N-ethyl adjacent to an activating group) is 1. The van der Waals surface area contributed by atoms with E-state index >= 15 is 0 Å². The van der Waals surface area contributed by atoms with Crippen LogP contribution in [0.5, 0.6) is 0 Å². The molecular weight excluding hydrogens is 236 g/mol. The number of thioether (sulfide) groups is 2. The van der Waals surface area contributed by atoms with E-state index in [1.54, 1.807) is 0 Å². The van der Waals surface area contributed by atoms with Crippen LogP contribution >= 0.6 is 23.5 Å². The fourth-order valence-electron chi connectivity index (χ4n) is 2.61. The lowest BCUT2D eigenvalue weighted by Crippen LogP contribution is -2.47. The molecule has 2 rings (SSSR count). The van der Waals surface area contributed by atoms with Gasteiger partial charge in [0.05, 0.1) is 0 Å². The Labute approximate surface area is 108 Å². The summed E-state index contributed by atoms with van der Waals surface area (Å²) in [4.78, 5) is 2.68. The monoisotopic (exact) mass is 260 g/mol. The van der Waals surface area contributed by atoms with Gasteiger partial charge in [-0.1, -0.05) is 6.92 Å². The highest BCUT2D eigenvalue weighted by molar-refractivity contribution is 8.06. The quantitative estimate of drug-likeness (QED) is 0.830. The van der Waals surface area contributed by atoms with Crippen molar-refractivity contribution >= 4 is 23.5 Å². The van der Waals surface area contributed by atoms with Gasteiger partial charge in [-0.25, -0.2) is 0 Å². The number of hydrogen-bond acceptors (Lipinski definition) is 4. The fourth-order valence-corrected chi connectivity index (χ4v) is 5.32. The summed E-state index contributed by atoms with van der Waals surface area (Å²) in [6.07, 6.45) is 2.75. The van der Waals surface area contributed by atoms with Crippen molar-refractivity contribution in [3.8, 4) is 0 Å². The zero-order valence-electron chi connectivity index (χ0n) is 10.3. The topological polar surface area (TPSA) is 15.3 Å². The highest BCUT2D eigenvalue weighted by atomic mass is 32.2. The lowest BCUT2D eigenvalue weighted by molar-refractivity contribution is 0.194. The minimum absolute atomic E-state index is 0.750. The first kappa shape index (κ1) is 13.1. The predicted octanol–water partition coefficient (Wildman–Crippen LogP) is 1.91. The van der Waals surface area contributed by atoms with E-state index in [0.717, 1.165) is 17.8 Å². The van der Waals surface area contributed by atoms with Gasteiger partial charge in [-0.15, -0.1) is 0 Å². The molecule has 0 amide bonds. The van der Waals surface area contributed by atoms with Gasteiger partial charge in [0, 0.05) is 41.6 Å². The van der Waals surface area contributed by atoms with Gasteiger partial charge in [0.1, 0.15) is 0 Å². The minimum Gasteiger partial charge on any atom is -0.313 e. The van der Waals surface area contributed by atoms with Crippen LogP contribution in [0.4, 0.5) is 0 Å². The molecule has 2 atom stereocenters. The first-order valence-electron chi connectivity index (χ1n) is 6.53. The Morgan fingerprint density at radius 2 is 2.31 bits per heavy atom. The van der Waals surface area contributed by atoms with Gasteiger partial charge in [0.25, 0.3) is 0 Å². The Bertz CT molecular complexity index is 193. The molecule has 2 aliphatic rings. The molecule has 0 aromatic heterocycles. The molecule has 0 bridgehead atoms. The molecule has 94 valence electrons. The largest absolute Gasteiger partial charge is 0.313 e. The first-order chi connectivity index (χ1) is 7.88. The van der Waals surface area contributed by atoms with Crippen LogP contribution in [0.2, 0.25) is 0 Å². The van der Waals surface area contributed by atoms with Crippen molar-refractivity contribution in [3.63, 3.8) is 0 Å². The van der Waals surface area contributed by atoms with Crippen molar-refractivity contribution in [1.29, 1.82) is 0 Å². The smallest absolute Gasteiger partial charge is 0.0265 e. The highest BCUT2D eigenvalue weighted by Crippen LogP contribution is 2.25. The van der Waals surface area contributed by atoms with Crippen LogP contribution in [-0.4, -0.2) is 59.6 Å². The number of hydrogen-bond donors (Lipinski definition) is 1. The molecule has 0 spiro atoms. The Balaban J connectivity index is 1.71. The van der Waals surface area contributed by atoms with E-state index in [2.05, 4.69) is 40.7 Å². The second-order valence-corrected chi connectivity index (χ2v) is 7.28. The molecule has 2 heterocycles. The summed E-state index contributed by atoms with van der Waals surface area (Å²) in [7, 11) is 0. The molecule has 16 heavy (non-hydrogen) atoms. The molecule has 2 aliphatic heterocycles. The summed E-state index contributed by atoms with van der Waals surface area (Å²) < 4.78 is 0. The second kappa shape index (κ2) is 7.14. The van der Waals surface area contributed by atoms with E-state index < -0.39 is 0 Å². The maximum atomic E-state index is 3.60. The normalized spacial score (nSPS) is 32.8. The standard InChI is InChI=1S/C12H24N2S2/c1-2-13-11-4-3-5-14(8-11)9-12-10-15-6-7-16-12/h11-13H,2-10H2,1H3. The van der Waals surface area contributed by atoms with Gasteiger partial charge >= 0.3 is 0 Å². The number of nitrogens with one attached hydrogen (secondary N) is 1. The molecule has 2 nitrogen and oxygen atoms in total. The van der Waals surface area contributed by atoms with Gasteiger partial charge in [-0.3, -0.25) is 0 Å². The molecule has 0 aromatic carbocycles. The summed E-state index contributed by atoms with van der Waals surface area (Å²) >= 11 is 4.33. The second-order valence-electron chi connectivity index (χ2n) is 4.72. The molecule has 0 aromatic rings. The summed E-state index contributed by atoms with van der Waals surface area (Å²) in [6.45, 7) is 7.25. The van der Waals surface area contributed by atoms with Crippen molar-refractivity contribution in [2.75, 3.05) is 43.4 Å². The van der Waals surface area contributed by atoms with E-state index in [4.69, 9.17) is 0 Å². The fraction of sp³-hybridized carbons (Fsp3) is 1.00. The predicted molar refractivity (Wildman–Crippen MR) is 76.7 cm³/mol. The van der Waals surface area contributed by atoms with Gasteiger partial charge in [-0.2, -0.15) is 23.5 Å². The van der Waals surface area contributed by atoms with Crippen molar-refractivity contribution in [3.05, 3.63) is 0 Å². The van der Waals surface area contributed by atoms with Gasteiger partial charge in [-0.05, 0) is 25.9 Å². The molecule has 2 fully saturated rings. The van der Waals surface area contributed by atoms with Crippen LogP contribution in [-0.2, 0) is 0 Å². The van der Waals surface area contributed by atoms with Crippen LogP contribution in [0.15, 0.2) is 0 Å². The number of nitrogens with zero attached hydrogens (tertiary/aromatic N) is 1. The third-order valence-corrected chi connectivity index (χ3v) is 6.17. The van der Waals surface area contributed by atoms with E-state index in [-0.39, 0.29) is 0 Å². The molecule has 0 radical (unpaired) electrons. The molecule has 0 saturated carbocycles. The van der Waals surface area contributed by atoms with Crippen molar-refractivity contribution in [2.45, 2.75) is 31.1 Å². The zero-order chi connectivity index (χ0) is 11.2. The molecular formula is C12H24N2S2. The van der Waals surface area contributed by atoms with Crippen LogP contribution in [0.3, 0.4) is 0 Å². The highest BCUT2D eigenvalue weighted by Gasteiger charge is 2.23. The third-order valence-electron chi connectivity index (χ3n) is 3.35. The third kappa shape index (κ3) is 4.13. The van der Waals surface area contributed by atoms with Gasteiger partial charge in [0.2, 0.25) is 0 Å². The summed E-state index contributed by atoms with van der Waals surface area (Å²) in [5.74, 6) is 4.09. The molecule has 0 aliphatic carbocycles. The Hall–Kier alpha value is 0.620. The van der Waals surface area contributed by atoms with Crippen LogP contribution in [0.1, 0.15) is 19.8 Å². The zero-order valence-corrected chi connectivity index (χ0v) is 11.9. The summed E-state index contributed by atoms with van der Waals surface area (Å²) in [6, 6.07) is 0.750. The van der Waals surface area contributed by atoms with Crippen LogP contribution in [0, 0.1) is 0 Å². The Morgan fingerprint density at radius 3 is 3.06 bits per heavy atom. The van der Waals surface area contributed by atoms with Crippen molar-refractivity contribution in [1.82, 2.24) is 10.2 Å². The van der Waals surface area contributed by atoms with Crippen LogP contribution < -0.4 is 5.32 Å². The maximum Gasteiger partial charge on any atom is 0.0265 e. The average Bonchev–Trinajstić information content (AvgIpc) is 2.31. The van der Waals surface area contributed by atoms with Gasteiger partial charge in [0.15, 0.2) is 0 Å². The molecule has 2 saturated heterocycles. The lowest BCUT2D eigenvalue weighted by Gasteiger charge is -2.35. The SMILES string of the molecule is CCNC1CCCN(CC2CSCCS2)C1. The molecule has 4 heteroatoms. The average molecular weight is 260 g/mol. The summed E-state index contributed by atoms with van der Waals surface area (Å²) in [5, 5.41) is 4.49. The van der Waals surface area contributed by atoms with E-state index in [0.29, 0.717) is 0 Å². The minimum atomic E-state index is 0.750. The Kier molecular flexibility index (Phi) is 5.83.